The van der Waals surface area contributed by atoms with Gasteiger partial charge in [-0.05, 0) is 24.1 Å². The molecule has 6 heteroatoms. The van der Waals surface area contributed by atoms with Gasteiger partial charge in [0, 0.05) is 17.3 Å². The number of benzene rings is 2. The third-order valence-electron chi connectivity index (χ3n) is 4.22. The van der Waals surface area contributed by atoms with Crippen LogP contribution >= 0.6 is 22.6 Å². The van der Waals surface area contributed by atoms with Crippen LogP contribution in [0.1, 0.15) is 12.5 Å². The highest BCUT2D eigenvalue weighted by Crippen LogP contribution is 2.35. The molecule has 5 nitrogen and oxygen atoms in total. The third-order valence-corrected chi connectivity index (χ3v) is 4.90. The van der Waals surface area contributed by atoms with Gasteiger partial charge in [0.15, 0.2) is 5.71 Å². The predicted octanol–water partition coefficient (Wildman–Crippen LogP) is 4.64. The van der Waals surface area contributed by atoms with E-state index in [0.717, 1.165) is 32.3 Å². The van der Waals surface area contributed by atoms with Crippen molar-refractivity contribution < 1.29 is 14.7 Å². The van der Waals surface area contributed by atoms with Crippen molar-refractivity contribution >= 4 is 45.2 Å². The second kappa shape index (κ2) is 8.35. The Kier molecular flexibility index (Phi) is 5.92. The fourth-order valence-electron chi connectivity index (χ4n) is 3.13. The Hall–Kier alpha value is -2.35. The molecular weight excluding hydrogens is 443 g/mol. The number of hydrogen-bond donors (Lipinski definition) is 1. The molecule has 134 valence electrons. The molecule has 1 aromatic heterocycles. The van der Waals surface area contributed by atoms with Gasteiger partial charge < -0.3 is 14.5 Å². The summed E-state index contributed by atoms with van der Waals surface area (Å²) in [7, 11) is 0. The Morgan fingerprint density at radius 1 is 1.15 bits per heavy atom. The number of para-hydroxylation sites is 1. The lowest BCUT2D eigenvalue weighted by atomic mass is 10.0. The van der Waals surface area contributed by atoms with Crippen LogP contribution < -0.4 is 0 Å². The molecule has 0 aliphatic rings. The van der Waals surface area contributed by atoms with Crippen LogP contribution in [-0.4, -0.2) is 28.1 Å². The van der Waals surface area contributed by atoms with Crippen LogP contribution in [0.3, 0.4) is 0 Å². The van der Waals surface area contributed by atoms with Crippen molar-refractivity contribution in [3.8, 4) is 11.3 Å². The molecule has 1 heterocycles. The SMILES string of the molecule is CCOC(=O)/C(Cc1c(-c2ccccc2)n(CI)c2ccccc12)=N\O. The van der Waals surface area contributed by atoms with Crippen LogP contribution in [0.4, 0.5) is 0 Å². The Bertz CT molecular complexity index is 948. The van der Waals surface area contributed by atoms with Gasteiger partial charge in [-0.15, -0.1) is 0 Å². The monoisotopic (exact) mass is 462 g/mol. The highest BCUT2D eigenvalue weighted by molar-refractivity contribution is 14.1. The molecular formula is C20H19IN2O3. The Morgan fingerprint density at radius 3 is 2.50 bits per heavy atom. The molecule has 0 spiro atoms. The fraction of sp³-hybridized carbons (Fsp3) is 0.200. The van der Waals surface area contributed by atoms with Gasteiger partial charge in [0.05, 0.1) is 16.9 Å². The summed E-state index contributed by atoms with van der Waals surface area (Å²) in [6, 6.07) is 18.1. The maximum atomic E-state index is 12.1. The first-order chi connectivity index (χ1) is 12.7. The van der Waals surface area contributed by atoms with Crippen LogP contribution in [0.15, 0.2) is 59.8 Å². The number of fused-ring (bicyclic) bond motifs is 1. The zero-order valence-electron chi connectivity index (χ0n) is 14.4. The van der Waals surface area contributed by atoms with Crippen molar-refractivity contribution in [2.75, 3.05) is 6.61 Å². The normalized spacial score (nSPS) is 11.7. The fourth-order valence-corrected chi connectivity index (χ4v) is 3.84. The highest BCUT2D eigenvalue weighted by atomic mass is 127. The quantitative estimate of drug-likeness (QED) is 0.145. The number of ether oxygens (including phenoxy) is 1. The van der Waals surface area contributed by atoms with Crippen molar-refractivity contribution in [2.45, 2.75) is 17.9 Å². The van der Waals surface area contributed by atoms with E-state index in [1.54, 1.807) is 6.92 Å². The summed E-state index contributed by atoms with van der Waals surface area (Å²) in [5, 5.41) is 13.6. The number of oxime groups is 1. The minimum atomic E-state index is -0.597. The molecule has 0 bridgehead atoms. The van der Waals surface area contributed by atoms with Crippen molar-refractivity contribution in [1.29, 1.82) is 0 Å². The molecule has 0 aliphatic heterocycles. The summed E-state index contributed by atoms with van der Waals surface area (Å²) in [5.74, 6) is -0.597. The van der Waals surface area contributed by atoms with Crippen LogP contribution in [0.2, 0.25) is 0 Å². The van der Waals surface area contributed by atoms with E-state index >= 15 is 0 Å². The molecule has 0 saturated heterocycles. The number of alkyl halides is 1. The molecule has 3 aromatic rings. The zero-order valence-corrected chi connectivity index (χ0v) is 16.5. The first-order valence-electron chi connectivity index (χ1n) is 8.30. The number of hydrogen-bond acceptors (Lipinski definition) is 4. The van der Waals surface area contributed by atoms with Crippen LogP contribution in [0, 0.1) is 0 Å². The molecule has 0 atom stereocenters. The number of halogens is 1. The third kappa shape index (κ3) is 3.46. The number of aromatic nitrogens is 1. The lowest BCUT2D eigenvalue weighted by Gasteiger charge is -2.10. The maximum Gasteiger partial charge on any atom is 0.356 e. The van der Waals surface area contributed by atoms with Crippen molar-refractivity contribution in [3.63, 3.8) is 0 Å². The molecule has 3 rings (SSSR count). The van der Waals surface area contributed by atoms with E-state index in [2.05, 4.69) is 38.4 Å². The van der Waals surface area contributed by atoms with E-state index in [9.17, 15) is 10.0 Å². The number of esters is 1. The van der Waals surface area contributed by atoms with Gasteiger partial charge in [0.1, 0.15) is 0 Å². The topological polar surface area (TPSA) is 63.8 Å². The van der Waals surface area contributed by atoms with E-state index in [-0.39, 0.29) is 18.7 Å². The Balaban J connectivity index is 2.22. The Labute approximate surface area is 165 Å². The van der Waals surface area contributed by atoms with Gasteiger partial charge in [0.2, 0.25) is 0 Å². The summed E-state index contributed by atoms with van der Waals surface area (Å²) in [5.41, 5.74) is 4.10. The van der Waals surface area contributed by atoms with E-state index in [0.29, 0.717) is 0 Å². The molecule has 0 saturated carbocycles. The molecule has 0 radical (unpaired) electrons. The molecule has 0 aliphatic carbocycles. The van der Waals surface area contributed by atoms with E-state index in [1.807, 2.05) is 48.5 Å². The molecule has 26 heavy (non-hydrogen) atoms. The summed E-state index contributed by atoms with van der Waals surface area (Å²) < 4.78 is 7.99. The van der Waals surface area contributed by atoms with Gasteiger partial charge in [-0.3, -0.25) is 0 Å². The molecule has 2 aromatic carbocycles. The highest BCUT2D eigenvalue weighted by Gasteiger charge is 2.23. The van der Waals surface area contributed by atoms with Gasteiger partial charge in [-0.2, -0.15) is 0 Å². The van der Waals surface area contributed by atoms with E-state index in [1.165, 1.54) is 0 Å². The number of rotatable bonds is 6. The minimum Gasteiger partial charge on any atom is -0.461 e. The summed E-state index contributed by atoms with van der Waals surface area (Å²) >= 11 is 2.33. The first kappa shape index (κ1) is 18.4. The van der Waals surface area contributed by atoms with Gasteiger partial charge in [-0.25, -0.2) is 4.79 Å². The summed E-state index contributed by atoms with van der Waals surface area (Å²) in [4.78, 5) is 12.1. The average Bonchev–Trinajstić information content (AvgIpc) is 3.00. The maximum absolute atomic E-state index is 12.1. The molecule has 0 fully saturated rings. The summed E-state index contributed by atoms with van der Waals surface area (Å²) in [6.45, 7) is 1.96. The van der Waals surface area contributed by atoms with Crippen LogP contribution in [0.25, 0.3) is 22.2 Å². The molecule has 0 unspecified atom stereocenters. The lowest BCUT2D eigenvalue weighted by molar-refractivity contribution is -0.135. The zero-order chi connectivity index (χ0) is 18.5. The van der Waals surface area contributed by atoms with Gasteiger partial charge in [0.25, 0.3) is 0 Å². The lowest BCUT2D eigenvalue weighted by Crippen LogP contribution is -2.20. The van der Waals surface area contributed by atoms with Crippen molar-refractivity contribution in [3.05, 3.63) is 60.2 Å². The van der Waals surface area contributed by atoms with Gasteiger partial charge in [-0.1, -0.05) is 76.3 Å². The molecule has 0 amide bonds. The molecule has 1 N–H and O–H groups in total. The second-order valence-electron chi connectivity index (χ2n) is 5.70. The predicted molar refractivity (Wildman–Crippen MR) is 111 cm³/mol. The summed E-state index contributed by atoms with van der Waals surface area (Å²) in [6.07, 6.45) is 0.198. The van der Waals surface area contributed by atoms with Crippen molar-refractivity contribution in [2.24, 2.45) is 5.16 Å². The van der Waals surface area contributed by atoms with Gasteiger partial charge >= 0.3 is 5.97 Å². The first-order valence-corrected chi connectivity index (χ1v) is 9.83. The minimum absolute atomic E-state index is 0.000363. The second-order valence-corrected chi connectivity index (χ2v) is 6.38. The number of carbonyl (C=O) groups is 1. The number of nitrogens with zero attached hydrogens (tertiary/aromatic N) is 2. The Morgan fingerprint density at radius 2 is 1.85 bits per heavy atom. The van der Waals surface area contributed by atoms with E-state index < -0.39 is 5.97 Å². The van der Waals surface area contributed by atoms with E-state index in [4.69, 9.17) is 4.74 Å². The largest absolute Gasteiger partial charge is 0.461 e. The van der Waals surface area contributed by atoms with Crippen LogP contribution in [0.5, 0.6) is 0 Å². The standard InChI is InChI=1S/C20H19IN2O3/c1-2-26-20(24)17(22-25)12-16-15-10-6-7-11-18(15)23(13-21)19(16)14-8-4-3-5-9-14/h3-11,25H,2,12-13H2,1H3/b22-17-. The average molecular weight is 462 g/mol. The van der Waals surface area contributed by atoms with Crippen molar-refractivity contribution in [1.82, 2.24) is 4.57 Å². The number of carbonyl (C=O) groups excluding carboxylic acids is 1. The van der Waals surface area contributed by atoms with Crippen LogP contribution in [-0.2, 0) is 20.5 Å². The smallest absolute Gasteiger partial charge is 0.356 e.